The number of carbonyl (C=O) groups excluding carboxylic acids is 2. The number of halogens is 6. The Bertz CT molecular complexity index is 1530. The minimum Gasteiger partial charge on any atom is -0.343 e. The van der Waals surface area contributed by atoms with E-state index in [0.29, 0.717) is 11.1 Å². The second-order valence-corrected chi connectivity index (χ2v) is 11.0. The fourth-order valence-corrected chi connectivity index (χ4v) is 6.03. The van der Waals surface area contributed by atoms with E-state index in [-0.39, 0.29) is 53.3 Å². The Balaban J connectivity index is 1.55. The van der Waals surface area contributed by atoms with Gasteiger partial charge in [-0.3, -0.25) is 14.3 Å². The highest BCUT2D eigenvalue weighted by Crippen LogP contribution is 2.36. The summed E-state index contributed by atoms with van der Waals surface area (Å²) in [5, 5.41) is 5.48. The number of imidazole rings is 1. The van der Waals surface area contributed by atoms with Gasteiger partial charge in [-0.05, 0) is 18.2 Å². The first-order valence-corrected chi connectivity index (χ1v) is 13.3. The number of anilines is 1. The molecule has 0 saturated carbocycles. The number of nitrogens with zero attached hydrogens (tertiary/aromatic N) is 6. The zero-order valence-corrected chi connectivity index (χ0v) is 22.1. The Morgan fingerprint density at radius 2 is 1.88 bits per heavy atom. The lowest BCUT2D eigenvalue weighted by molar-refractivity contribution is -0.141. The van der Waals surface area contributed by atoms with Crippen molar-refractivity contribution in [1.29, 1.82) is 0 Å². The molecule has 3 aromatic rings. The second kappa shape index (κ2) is 11.1. The lowest BCUT2D eigenvalue weighted by Gasteiger charge is -2.31. The Morgan fingerprint density at radius 1 is 1.20 bits per heavy atom. The summed E-state index contributed by atoms with van der Waals surface area (Å²) in [7, 11) is -2.74. The number of sulfonamides is 1. The van der Waals surface area contributed by atoms with Crippen LogP contribution >= 0.6 is 11.6 Å². The highest BCUT2D eigenvalue weighted by atomic mass is 35.5. The zero-order chi connectivity index (χ0) is 29.4. The van der Waals surface area contributed by atoms with Crippen molar-refractivity contribution in [3.8, 4) is 11.3 Å². The Labute approximate surface area is 229 Å². The molecule has 2 aromatic heterocycles. The molecule has 1 aliphatic rings. The Morgan fingerprint density at radius 3 is 2.45 bits per heavy atom. The zero-order valence-electron chi connectivity index (χ0n) is 20.6. The molecular weight excluding hydrogens is 589 g/mol. The van der Waals surface area contributed by atoms with E-state index >= 15 is 0 Å². The first-order valence-electron chi connectivity index (χ1n) is 11.5. The summed E-state index contributed by atoms with van der Waals surface area (Å²) < 4.78 is 94.7. The van der Waals surface area contributed by atoms with Crippen molar-refractivity contribution in [3.63, 3.8) is 0 Å². The SMILES string of the molecule is Cn1c(-c2cn(CC(F)F)nc2C(F)(F)F)cnc1C(=O)Nc1ccc(S(=O)(=O)N2CCN(C=O)CC2)c(Cl)c1. The van der Waals surface area contributed by atoms with E-state index in [2.05, 4.69) is 15.4 Å². The number of piperazine rings is 1. The highest BCUT2D eigenvalue weighted by Gasteiger charge is 2.39. The van der Waals surface area contributed by atoms with Crippen LogP contribution in [0.5, 0.6) is 0 Å². The van der Waals surface area contributed by atoms with Gasteiger partial charge in [0.25, 0.3) is 12.3 Å². The number of nitrogens with one attached hydrogen (secondary N) is 1. The van der Waals surface area contributed by atoms with Gasteiger partial charge in [-0.15, -0.1) is 0 Å². The normalized spacial score (nSPS) is 15.1. The summed E-state index contributed by atoms with van der Waals surface area (Å²) in [6.45, 7) is -0.464. The van der Waals surface area contributed by atoms with Gasteiger partial charge in [0.05, 0.1) is 22.5 Å². The average Bonchev–Trinajstić information content (AvgIpc) is 3.46. The van der Waals surface area contributed by atoms with E-state index < -0.39 is 46.3 Å². The molecule has 2 amide bonds. The smallest absolute Gasteiger partial charge is 0.343 e. The van der Waals surface area contributed by atoms with Gasteiger partial charge in [-0.2, -0.15) is 22.6 Å². The largest absolute Gasteiger partial charge is 0.435 e. The van der Waals surface area contributed by atoms with Crippen molar-refractivity contribution in [3.05, 3.63) is 47.1 Å². The maximum atomic E-state index is 13.5. The Hall–Kier alpha value is -3.57. The van der Waals surface area contributed by atoms with Crippen LogP contribution in [0, 0.1) is 0 Å². The van der Waals surface area contributed by atoms with Gasteiger partial charge in [0.15, 0.2) is 11.5 Å². The van der Waals surface area contributed by atoms with Crippen LogP contribution in [0.4, 0.5) is 27.6 Å². The number of hydrogen-bond acceptors (Lipinski definition) is 6. The fraction of sp³-hybridized carbons (Fsp3) is 0.364. The summed E-state index contributed by atoms with van der Waals surface area (Å²) in [5.74, 6) is -1.19. The van der Waals surface area contributed by atoms with Crippen LogP contribution in [0.15, 0.2) is 35.5 Å². The average molecular weight is 610 g/mol. The monoisotopic (exact) mass is 609 g/mol. The lowest BCUT2D eigenvalue weighted by Crippen LogP contribution is -2.48. The number of amides is 2. The molecule has 3 heterocycles. The molecule has 0 unspecified atom stereocenters. The van der Waals surface area contributed by atoms with Gasteiger partial charge in [0.1, 0.15) is 11.4 Å². The van der Waals surface area contributed by atoms with Crippen molar-refractivity contribution < 1.29 is 40.0 Å². The van der Waals surface area contributed by atoms with E-state index in [0.717, 1.165) is 17.0 Å². The van der Waals surface area contributed by atoms with Crippen molar-refractivity contribution in [2.45, 2.75) is 24.0 Å². The van der Waals surface area contributed by atoms with E-state index in [1.807, 2.05) is 0 Å². The molecule has 18 heteroatoms. The molecule has 1 aromatic carbocycles. The van der Waals surface area contributed by atoms with Crippen LogP contribution < -0.4 is 5.32 Å². The highest BCUT2D eigenvalue weighted by molar-refractivity contribution is 7.89. The molecule has 0 radical (unpaired) electrons. The van der Waals surface area contributed by atoms with Crippen LogP contribution in [0.25, 0.3) is 11.3 Å². The van der Waals surface area contributed by atoms with E-state index in [4.69, 9.17) is 11.6 Å². The molecular formula is C22H21ClF5N7O4S. The number of hydrogen-bond donors (Lipinski definition) is 1. The Kier molecular flexibility index (Phi) is 8.18. The third-order valence-electron chi connectivity index (χ3n) is 6.05. The predicted octanol–water partition coefficient (Wildman–Crippen LogP) is 2.94. The van der Waals surface area contributed by atoms with E-state index in [1.165, 1.54) is 34.5 Å². The van der Waals surface area contributed by atoms with Gasteiger partial charge in [0, 0.05) is 45.1 Å². The van der Waals surface area contributed by atoms with Gasteiger partial charge in [0.2, 0.25) is 16.4 Å². The summed E-state index contributed by atoms with van der Waals surface area (Å²) in [6, 6.07) is 3.66. The van der Waals surface area contributed by atoms with Crippen molar-refractivity contribution in [2.75, 3.05) is 31.5 Å². The third kappa shape index (κ3) is 5.95. The molecule has 40 heavy (non-hydrogen) atoms. The molecule has 4 rings (SSSR count). The van der Waals surface area contributed by atoms with Crippen molar-refractivity contribution in [2.24, 2.45) is 7.05 Å². The standard InChI is InChI=1S/C22H21ClF5N7O4S/c1-32-16(14-10-34(11-18(24)25)31-19(14)22(26,27)28)9-29-20(32)21(37)30-13-2-3-17(15(23)8-13)40(38,39)35-6-4-33(12-36)5-7-35/h2-3,8-10,12,18H,4-7,11H2,1H3,(H,30,37). The first kappa shape index (κ1) is 29.4. The summed E-state index contributed by atoms with van der Waals surface area (Å²) >= 11 is 6.22. The van der Waals surface area contributed by atoms with Crippen LogP contribution in [0.1, 0.15) is 16.3 Å². The molecule has 1 aliphatic heterocycles. The lowest BCUT2D eigenvalue weighted by atomic mass is 10.2. The van der Waals surface area contributed by atoms with Gasteiger partial charge in [-0.1, -0.05) is 11.6 Å². The van der Waals surface area contributed by atoms with Crippen LogP contribution in [-0.2, 0) is 34.6 Å². The maximum Gasteiger partial charge on any atom is 0.435 e. The van der Waals surface area contributed by atoms with Crippen molar-refractivity contribution in [1.82, 2.24) is 28.5 Å². The summed E-state index contributed by atoms with van der Waals surface area (Å²) in [4.78, 5) is 28.8. The van der Waals surface area contributed by atoms with E-state index in [1.54, 1.807) is 0 Å². The minimum atomic E-state index is -4.96. The molecule has 1 fully saturated rings. The van der Waals surface area contributed by atoms with Crippen LogP contribution in [-0.4, -0.2) is 81.9 Å². The molecule has 0 spiro atoms. The van der Waals surface area contributed by atoms with Gasteiger partial charge < -0.3 is 14.8 Å². The molecule has 11 nitrogen and oxygen atoms in total. The number of rotatable bonds is 8. The number of benzene rings is 1. The number of carbonyl (C=O) groups is 2. The summed E-state index contributed by atoms with van der Waals surface area (Å²) in [5.41, 5.74) is -2.09. The topological polar surface area (TPSA) is 122 Å². The predicted molar refractivity (Wildman–Crippen MR) is 131 cm³/mol. The third-order valence-corrected chi connectivity index (χ3v) is 8.43. The maximum absolute atomic E-state index is 13.5. The van der Waals surface area contributed by atoms with Gasteiger partial charge >= 0.3 is 6.18 Å². The minimum absolute atomic E-state index is 0.0741. The van der Waals surface area contributed by atoms with Crippen LogP contribution in [0.3, 0.4) is 0 Å². The quantitative estimate of drug-likeness (QED) is 0.310. The number of alkyl halides is 5. The molecule has 0 atom stereocenters. The molecule has 0 bridgehead atoms. The van der Waals surface area contributed by atoms with Crippen molar-refractivity contribution >= 4 is 39.6 Å². The molecule has 1 N–H and O–H groups in total. The summed E-state index contributed by atoms with van der Waals surface area (Å²) in [6.07, 6.45) is -5.50. The number of aromatic nitrogens is 4. The first-order chi connectivity index (χ1) is 18.7. The van der Waals surface area contributed by atoms with E-state index in [9.17, 15) is 40.0 Å². The molecule has 1 saturated heterocycles. The molecule has 0 aliphatic carbocycles. The second-order valence-electron chi connectivity index (χ2n) is 8.67. The van der Waals surface area contributed by atoms with Gasteiger partial charge in [-0.25, -0.2) is 22.2 Å². The van der Waals surface area contributed by atoms with Crippen LogP contribution in [0.2, 0.25) is 5.02 Å². The molecule has 216 valence electrons. The fourth-order valence-electron chi connectivity index (χ4n) is 4.09.